The monoisotopic (exact) mass is 452 g/mol. The van der Waals surface area contributed by atoms with Gasteiger partial charge in [0.2, 0.25) is 0 Å². The zero-order valence-corrected chi connectivity index (χ0v) is 21.3. The molecule has 2 aromatic carbocycles. The topological polar surface area (TPSA) is 28.7 Å². The number of nitriles is 1. The van der Waals surface area contributed by atoms with Crippen molar-refractivity contribution >= 4 is 34.3 Å². The van der Waals surface area contributed by atoms with Gasteiger partial charge in [0.25, 0.3) is 0 Å². The summed E-state index contributed by atoms with van der Waals surface area (Å²) in [7, 11) is 0. The molecule has 0 aliphatic rings. The second kappa shape index (κ2) is 8.93. The number of benzene rings is 2. The predicted molar refractivity (Wildman–Crippen MR) is 135 cm³/mol. The van der Waals surface area contributed by atoms with Crippen LogP contribution in [0.5, 0.6) is 0 Å². The first kappa shape index (κ1) is 23.8. The van der Waals surface area contributed by atoms with Gasteiger partial charge in [0.15, 0.2) is 0 Å². The highest BCUT2D eigenvalue weighted by Crippen LogP contribution is 2.43. The van der Waals surface area contributed by atoms with Crippen molar-refractivity contribution in [2.45, 2.75) is 77.0 Å². The van der Waals surface area contributed by atoms with Crippen LogP contribution in [-0.2, 0) is 13.0 Å². The summed E-state index contributed by atoms with van der Waals surface area (Å²) in [6.45, 7) is 16.1. The molecule has 0 atom stereocenters. The van der Waals surface area contributed by atoms with Crippen molar-refractivity contribution in [3.8, 4) is 6.07 Å². The maximum absolute atomic E-state index is 9.80. The number of rotatable bonds is 6. The smallest absolute Gasteiger partial charge is 0.0688 e. The Labute approximate surface area is 196 Å². The van der Waals surface area contributed by atoms with Crippen molar-refractivity contribution < 1.29 is 0 Å². The van der Waals surface area contributed by atoms with Crippen molar-refractivity contribution in [3.63, 3.8) is 0 Å². The molecule has 0 spiro atoms. The Morgan fingerprint density at radius 2 is 1.68 bits per heavy atom. The van der Waals surface area contributed by atoms with Crippen LogP contribution in [0.2, 0.25) is 5.02 Å². The van der Waals surface area contributed by atoms with Crippen molar-refractivity contribution in [2.24, 2.45) is 5.41 Å². The lowest BCUT2D eigenvalue weighted by molar-refractivity contribution is 0.472. The van der Waals surface area contributed by atoms with Crippen molar-refractivity contribution in [3.05, 3.63) is 64.3 Å². The summed E-state index contributed by atoms with van der Waals surface area (Å²) in [5.41, 5.74) is 4.59. The summed E-state index contributed by atoms with van der Waals surface area (Å²) < 4.78 is 2.48. The van der Waals surface area contributed by atoms with Crippen molar-refractivity contribution in [1.82, 2.24) is 4.57 Å². The molecule has 0 bridgehead atoms. The van der Waals surface area contributed by atoms with Gasteiger partial charge < -0.3 is 4.57 Å². The average Bonchev–Trinajstić information content (AvgIpc) is 2.94. The van der Waals surface area contributed by atoms with Crippen LogP contribution in [0.25, 0.3) is 10.9 Å². The molecule has 0 radical (unpaired) electrons. The highest BCUT2D eigenvalue weighted by atomic mass is 35.5. The Hall–Kier alpha value is -1.89. The number of thioether (sulfide) groups is 1. The Morgan fingerprint density at radius 1 is 1.03 bits per heavy atom. The van der Waals surface area contributed by atoms with E-state index in [2.05, 4.69) is 75.6 Å². The largest absolute Gasteiger partial charge is 0.339 e. The first-order chi connectivity index (χ1) is 14.4. The summed E-state index contributed by atoms with van der Waals surface area (Å²) in [6, 6.07) is 17.4. The molecule has 1 aromatic heterocycles. The molecule has 0 unspecified atom stereocenters. The van der Waals surface area contributed by atoms with E-state index < -0.39 is 5.41 Å². The van der Waals surface area contributed by atoms with Crippen molar-refractivity contribution in [2.75, 3.05) is 0 Å². The highest BCUT2D eigenvalue weighted by Gasteiger charge is 2.28. The third-order valence-corrected chi connectivity index (χ3v) is 6.91. The molecular formula is C27H33ClN2S. The van der Waals surface area contributed by atoms with Crippen LogP contribution in [0.4, 0.5) is 0 Å². The van der Waals surface area contributed by atoms with Gasteiger partial charge in [-0.15, -0.1) is 11.8 Å². The van der Waals surface area contributed by atoms with E-state index >= 15 is 0 Å². The minimum atomic E-state index is -0.444. The van der Waals surface area contributed by atoms with E-state index in [1.807, 2.05) is 37.7 Å². The lowest BCUT2D eigenvalue weighted by atomic mass is 9.89. The van der Waals surface area contributed by atoms with E-state index in [0.717, 1.165) is 11.6 Å². The Balaban J connectivity index is 2.29. The zero-order valence-electron chi connectivity index (χ0n) is 19.7. The van der Waals surface area contributed by atoms with E-state index in [1.54, 1.807) is 0 Å². The van der Waals surface area contributed by atoms with E-state index in [-0.39, 0.29) is 4.75 Å². The summed E-state index contributed by atoms with van der Waals surface area (Å²) in [6.07, 6.45) is 0.710. The molecule has 3 rings (SSSR count). The second-order valence-corrected chi connectivity index (χ2v) is 12.6. The molecule has 2 nitrogen and oxygen atoms in total. The van der Waals surface area contributed by atoms with Gasteiger partial charge in [0, 0.05) is 44.2 Å². The minimum Gasteiger partial charge on any atom is -0.339 e. The van der Waals surface area contributed by atoms with Gasteiger partial charge in [-0.05, 0) is 55.2 Å². The Bertz CT molecular complexity index is 1110. The lowest BCUT2D eigenvalue weighted by Crippen LogP contribution is -2.17. The highest BCUT2D eigenvalue weighted by molar-refractivity contribution is 8.00. The van der Waals surface area contributed by atoms with Gasteiger partial charge >= 0.3 is 0 Å². The Kier molecular flexibility index (Phi) is 6.84. The first-order valence-electron chi connectivity index (χ1n) is 10.9. The minimum absolute atomic E-state index is 0.0682. The van der Waals surface area contributed by atoms with E-state index in [0.29, 0.717) is 12.3 Å². The van der Waals surface area contributed by atoms with Crippen LogP contribution in [-0.4, -0.2) is 9.31 Å². The molecular weight excluding hydrogens is 420 g/mol. The SMILES string of the molecule is CC(C)c1ccc2c(c1)c(SC(C)(C)C)c(CC(C)(C)C#N)n2Cc1ccc(Cl)cc1. The number of fused-ring (bicyclic) bond motifs is 1. The van der Waals surface area contributed by atoms with Crippen LogP contribution in [0.15, 0.2) is 47.4 Å². The summed E-state index contributed by atoms with van der Waals surface area (Å²) in [4.78, 5) is 1.31. The maximum atomic E-state index is 9.80. The molecule has 0 N–H and O–H groups in total. The molecule has 164 valence electrons. The van der Waals surface area contributed by atoms with Crippen LogP contribution in [0.1, 0.15) is 71.2 Å². The van der Waals surface area contributed by atoms with E-state index in [9.17, 15) is 5.26 Å². The molecule has 0 saturated heterocycles. The maximum Gasteiger partial charge on any atom is 0.0688 e. The molecule has 0 amide bonds. The fraction of sp³-hybridized carbons (Fsp3) is 0.444. The normalized spacial score (nSPS) is 12.5. The predicted octanol–water partition coefficient (Wildman–Crippen LogP) is 8.45. The lowest BCUT2D eigenvalue weighted by Gasteiger charge is -2.22. The van der Waals surface area contributed by atoms with Gasteiger partial charge in [0.1, 0.15) is 0 Å². The van der Waals surface area contributed by atoms with Crippen LogP contribution < -0.4 is 0 Å². The second-order valence-electron chi connectivity index (χ2n) is 10.3. The molecule has 0 aliphatic carbocycles. The molecule has 0 saturated carbocycles. The fourth-order valence-corrected chi connectivity index (χ4v) is 5.07. The fourth-order valence-electron chi connectivity index (χ4n) is 3.76. The van der Waals surface area contributed by atoms with Gasteiger partial charge in [-0.1, -0.05) is 64.4 Å². The van der Waals surface area contributed by atoms with Crippen molar-refractivity contribution in [1.29, 1.82) is 5.26 Å². The Morgan fingerprint density at radius 3 is 2.23 bits per heavy atom. The van der Waals surface area contributed by atoms with Crippen LogP contribution >= 0.6 is 23.4 Å². The summed E-state index contributed by atoms with van der Waals surface area (Å²) in [5.74, 6) is 0.468. The summed E-state index contributed by atoms with van der Waals surface area (Å²) in [5, 5.41) is 11.8. The van der Waals surface area contributed by atoms with E-state index in [1.165, 1.54) is 32.6 Å². The van der Waals surface area contributed by atoms with Crippen LogP contribution in [0.3, 0.4) is 0 Å². The first-order valence-corrected chi connectivity index (χ1v) is 12.1. The van der Waals surface area contributed by atoms with Gasteiger partial charge in [-0.25, -0.2) is 0 Å². The number of hydrogen-bond donors (Lipinski definition) is 0. The number of nitrogens with zero attached hydrogens (tertiary/aromatic N) is 2. The number of aromatic nitrogens is 1. The zero-order chi connectivity index (χ0) is 23.0. The standard InChI is InChI=1S/C27H33ClN2S/c1-18(2)20-10-13-23-22(14-20)25(31-26(3,4)5)24(15-27(6,7)17-29)30(23)16-19-8-11-21(28)12-9-19/h8-14,18H,15-16H2,1-7H3. The molecule has 0 aliphatic heterocycles. The van der Waals surface area contributed by atoms with Crippen LogP contribution in [0, 0.1) is 16.7 Å². The van der Waals surface area contributed by atoms with Gasteiger partial charge in [-0.2, -0.15) is 5.26 Å². The molecule has 31 heavy (non-hydrogen) atoms. The van der Waals surface area contributed by atoms with E-state index in [4.69, 9.17) is 11.6 Å². The number of hydrogen-bond acceptors (Lipinski definition) is 2. The van der Waals surface area contributed by atoms with Gasteiger partial charge in [0.05, 0.1) is 11.5 Å². The third kappa shape index (κ3) is 5.68. The summed E-state index contributed by atoms with van der Waals surface area (Å²) >= 11 is 8.04. The molecule has 3 aromatic rings. The molecule has 0 fully saturated rings. The number of halogens is 1. The average molecular weight is 453 g/mol. The molecule has 1 heterocycles. The van der Waals surface area contributed by atoms with Gasteiger partial charge in [-0.3, -0.25) is 0 Å². The quantitative estimate of drug-likeness (QED) is 0.351. The third-order valence-electron chi connectivity index (χ3n) is 5.38. The molecule has 4 heteroatoms.